The van der Waals surface area contributed by atoms with Gasteiger partial charge >= 0.3 is 21.8 Å². The van der Waals surface area contributed by atoms with Crippen molar-refractivity contribution in [1.29, 1.82) is 0 Å². The average Bonchev–Trinajstić information content (AvgIpc) is 3.61. The summed E-state index contributed by atoms with van der Waals surface area (Å²) in [5.74, 6) is 1.37. The normalized spacial score (nSPS) is 16.9. The highest BCUT2D eigenvalue weighted by Crippen LogP contribution is 2.43. The highest BCUT2D eigenvalue weighted by Gasteiger charge is 2.44. The maximum atomic E-state index is 13.9. The fourth-order valence-corrected chi connectivity index (χ4v) is 7.40. The van der Waals surface area contributed by atoms with Crippen LogP contribution in [0, 0.1) is 17.0 Å². The Labute approximate surface area is 339 Å². The first kappa shape index (κ1) is 42.3. The molecule has 4 aromatic carbocycles. The van der Waals surface area contributed by atoms with E-state index in [1.54, 1.807) is 35.0 Å². The Bertz CT molecular complexity index is 2480. The molecule has 0 saturated carbocycles. The number of aryl methyl sites for hydroxylation is 1. The van der Waals surface area contributed by atoms with E-state index in [1.807, 2.05) is 78.9 Å². The predicted molar refractivity (Wildman–Crippen MR) is 213 cm³/mol. The van der Waals surface area contributed by atoms with Gasteiger partial charge in [-0.25, -0.2) is 19.7 Å². The lowest BCUT2D eigenvalue weighted by atomic mass is 9.80. The summed E-state index contributed by atoms with van der Waals surface area (Å²) in [4.78, 5) is 50.9. The van der Waals surface area contributed by atoms with Gasteiger partial charge in [-0.05, 0) is 92.9 Å². The minimum Gasteiger partial charge on any atom is -0.497 e. The summed E-state index contributed by atoms with van der Waals surface area (Å²) < 4.78 is 60.8. The number of hydrogen-bond acceptors (Lipinski definition) is 13. The van der Waals surface area contributed by atoms with Crippen molar-refractivity contribution in [1.82, 2.24) is 9.13 Å². The number of aromatic nitrogens is 2. The third kappa shape index (κ3) is 8.77. The number of ether oxygens (including phenoxy) is 6. The minimum atomic E-state index is -4.82. The maximum absolute atomic E-state index is 13.9. The Hall–Kier alpha value is -6.30. The molecule has 3 atom stereocenters. The lowest BCUT2D eigenvalue weighted by molar-refractivity contribution is -0.305. The number of hydrogen-bond donors (Lipinski definition) is 0. The summed E-state index contributed by atoms with van der Waals surface area (Å²) in [7, 11) is -1.69. The van der Waals surface area contributed by atoms with Crippen molar-refractivity contribution in [2.24, 2.45) is 0 Å². The topological polar surface area (TPSA) is 194 Å². The molecule has 0 N–H and O–H groups in total. The highest BCUT2D eigenvalue weighted by atomic mass is 32.2. The fraction of sp³-hybridized carbons (Fsp3) is 0.310. The molecule has 17 heteroatoms. The van der Waals surface area contributed by atoms with Crippen molar-refractivity contribution in [2.75, 3.05) is 20.8 Å². The molecule has 0 spiro atoms. The van der Waals surface area contributed by atoms with Crippen LogP contribution < -0.4 is 25.5 Å². The molecule has 1 aliphatic rings. The third-order valence-electron chi connectivity index (χ3n) is 9.59. The molecule has 16 nitrogen and oxygen atoms in total. The fourth-order valence-electron chi connectivity index (χ4n) is 6.75. The first-order valence-corrected chi connectivity index (χ1v) is 19.8. The van der Waals surface area contributed by atoms with E-state index in [2.05, 4.69) is 0 Å². The number of carbonyl (C=O) groups excluding carboxylic acids is 1. The van der Waals surface area contributed by atoms with E-state index in [4.69, 9.17) is 28.4 Å². The van der Waals surface area contributed by atoms with Gasteiger partial charge in [-0.2, -0.15) is 13.0 Å². The van der Waals surface area contributed by atoms with Crippen molar-refractivity contribution in [2.45, 2.75) is 68.6 Å². The summed E-state index contributed by atoms with van der Waals surface area (Å²) >= 11 is 0. The van der Waals surface area contributed by atoms with Gasteiger partial charge in [-0.15, -0.1) is 0 Å². The number of methoxy groups -OCH3 is 2. The van der Waals surface area contributed by atoms with Crippen molar-refractivity contribution in [3.63, 3.8) is 0 Å². The first-order chi connectivity index (χ1) is 28.0. The third-order valence-corrected chi connectivity index (χ3v) is 10.9. The van der Waals surface area contributed by atoms with Crippen molar-refractivity contribution in [3.05, 3.63) is 163 Å². The zero-order chi connectivity index (χ0) is 42.7. The second-order valence-electron chi connectivity index (χ2n) is 14.6. The van der Waals surface area contributed by atoms with Crippen LogP contribution in [0.4, 0.5) is 4.79 Å². The Morgan fingerprint density at radius 1 is 0.831 bits per heavy atom. The number of nitro groups is 1. The zero-order valence-corrected chi connectivity index (χ0v) is 33.9. The molecule has 1 aliphatic heterocycles. The molecule has 0 aliphatic carbocycles. The van der Waals surface area contributed by atoms with E-state index in [1.165, 1.54) is 25.3 Å². The molecule has 0 unspecified atom stereocenters. The summed E-state index contributed by atoms with van der Waals surface area (Å²) in [6.07, 6.45) is -2.89. The molecule has 0 bridgehead atoms. The quantitative estimate of drug-likeness (QED) is 0.0783. The summed E-state index contributed by atoms with van der Waals surface area (Å²) in [6, 6.07) is 28.9. The van der Waals surface area contributed by atoms with E-state index in [-0.39, 0.29) is 24.3 Å². The standard InChI is InChI=1S/C42H43N3O13S/c1-27-25-43(39(47)44(38(27)46)40(48)58-41(2,3)4)37-24-35(56-33-20-22-34(23-21-33)59(51,52)45(49)50)36(57-37)26-55-42(28-10-8-7-9-11-28,29-12-16-31(53-5)17-13-29)30-14-18-32(54-6)19-15-30/h7-23,25,35-37H,24,26H2,1-6H3/t35-,36-,37-/m1/s1. The van der Waals surface area contributed by atoms with Crippen LogP contribution in [0.1, 0.15) is 55.7 Å². The second-order valence-corrected chi connectivity index (χ2v) is 16.3. The van der Waals surface area contributed by atoms with E-state index in [0.29, 0.717) is 16.1 Å². The van der Waals surface area contributed by atoms with Crippen LogP contribution >= 0.6 is 0 Å². The lowest BCUT2D eigenvalue weighted by Gasteiger charge is -2.37. The first-order valence-electron chi connectivity index (χ1n) is 18.4. The van der Waals surface area contributed by atoms with Crippen molar-refractivity contribution < 1.29 is 46.0 Å². The molecule has 1 fully saturated rings. The Morgan fingerprint density at radius 2 is 1.36 bits per heavy atom. The van der Waals surface area contributed by atoms with Gasteiger partial charge in [-0.3, -0.25) is 9.36 Å². The molecule has 6 rings (SSSR count). The highest BCUT2D eigenvalue weighted by molar-refractivity contribution is 7.85. The van der Waals surface area contributed by atoms with Gasteiger partial charge < -0.3 is 28.4 Å². The molecule has 310 valence electrons. The summed E-state index contributed by atoms with van der Waals surface area (Å²) in [6.45, 7) is 6.07. The molecule has 1 saturated heterocycles. The Morgan fingerprint density at radius 3 is 1.86 bits per heavy atom. The van der Waals surface area contributed by atoms with Crippen LogP contribution in [-0.4, -0.2) is 66.6 Å². The second kappa shape index (κ2) is 16.9. The maximum Gasteiger partial charge on any atom is 0.448 e. The minimum absolute atomic E-state index is 0.0295. The predicted octanol–water partition coefficient (Wildman–Crippen LogP) is 5.83. The van der Waals surface area contributed by atoms with Gasteiger partial charge in [0, 0.05) is 18.2 Å². The monoisotopic (exact) mass is 829 g/mol. The molecular weight excluding hydrogens is 787 g/mol. The number of benzene rings is 4. The van der Waals surface area contributed by atoms with Gasteiger partial charge in [0.05, 0.1) is 20.8 Å². The van der Waals surface area contributed by atoms with Crippen LogP contribution in [0.15, 0.2) is 124 Å². The largest absolute Gasteiger partial charge is 0.497 e. The van der Waals surface area contributed by atoms with Gasteiger partial charge in [0.15, 0.2) is 4.33 Å². The smallest absolute Gasteiger partial charge is 0.448 e. The number of nitrogens with zero attached hydrogens (tertiary/aromatic N) is 3. The number of sulfonamides is 1. The van der Waals surface area contributed by atoms with E-state index < -0.39 is 66.2 Å². The van der Waals surface area contributed by atoms with Crippen LogP contribution in [-0.2, 0) is 29.8 Å². The summed E-state index contributed by atoms with van der Waals surface area (Å²) in [5, 5.41) is 11.2. The Balaban J connectivity index is 1.45. The van der Waals surface area contributed by atoms with E-state index in [0.717, 1.165) is 33.4 Å². The van der Waals surface area contributed by atoms with Gasteiger partial charge in [0.1, 0.15) is 51.8 Å². The molecule has 59 heavy (non-hydrogen) atoms. The van der Waals surface area contributed by atoms with Crippen LogP contribution in [0.3, 0.4) is 0 Å². The number of carbonyl (C=O) groups is 1. The van der Waals surface area contributed by atoms with E-state index in [9.17, 15) is 32.9 Å². The zero-order valence-electron chi connectivity index (χ0n) is 33.1. The van der Waals surface area contributed by atoms with Crippen LogP contribution in [0.5, 0.6) is 17.2 Å². The van der Waals surface area contributed by atoms with Gasteiger partial charge in [0.2, 0.25) is 0 Å². The molecular formula is C42H43N3O13S. The van der Waals surface area contributed by atoms with Crippen LogP contribution in [0.25, 0.3) is 0 Å². The molecule has 0 amide bonds. The molecule has 1 aromatic heterocycles. The SMILES string of the molecule is COc1ccc(C(OC[C@H]2O[C@@H](n3cc(C)c(=O)n(C(=O)OC(C)(C)C)c3=O)C[C@H]2Oc2ccc(S(=O)(=O)[N+](=O)[O-])cc2)(c2ccccc2)c2ccc(OC)cc2)cc1. The molecule has 5 aromatic rings. The molecule has 2 heterocycles. The van der Waals surface area contributed by atoms with Crippen molar-refractivity contribution in [3.8, 4) is 17.2 Å². The van der Waals surface area contributed by atoms with Crippen LogP contribution in [0.2, 0.25) is 0 Å². The molecule has 0 radical (unpaired) electrons. The van der Waals surface area contributed by atoms with E-state index >= 15 is 0 Å². The lowest BCUT2D eigenvalue weighted by Crippen LogP contribution is -2.47. The summed E-state index contributed by atoms with van der Waals surface area (Å²) in [5.41, 5.74) is -1.92. The van der Waals surface area contributed by atoms with Crippen molar-refractivity contribution >= 4 is 16.1 Å². The average molecular weight is 830 g/mol. The van der Waals surface area contributed by atoms with Gasteiger partial charge in [-0.1, -0.05) is 54.6 Å². The number of rotatable bonds is 13. The Kier molecular flexibility index (Phi) is 12.1. The van der Waals surface area contributed by atoms with Gasteiger partial charge in [0.25, 0.3) is 5.56 Å².